The van der Waals surface area contributed by atoms with Crippen LogP contribution in [-0.4, -0.2) is 22.3 Å². The van der Waals surface area contributed by atoms with E-state index in [9.17, 15) is 9.59 Å². The Morgan fingerprint density at radius 1 is 1.45 bits per heavy atom. The quantitative estimate of drug-likeness (QED) is 0.826. The molecule has 0 aliphatic rings. The molecular formula is C13H16N4O3. The van der Waals surface area contributed by atoms with Gasteiger partial charge in [0.15, 0.2) is 0 Å². The SMILES string of the molecule is CCOC(=O)NNc1nc2ccc(C)cc2n(C)c1=O. The average molecular weight is 276 g/mol. The van der Waals surface area contributed by atoms with E-state index in [1.807, 2.05) is 25.1 Å². The molecule has 7 heteroatoms. The summed E-state index contributed by atoms with van der Waals surface area (Å²) in [4.78, 5) is 27.5. The first-order valence-corrected chi connectivity index (χ1v) is 6.19. The highest BCUT2D eigenvalue weighted by Crippen LogP contribution is 2.12. The van der Waals surface area contributed by atoms with Crippen molar-refractivity contribution in [3.05, 3.63) is 34.1 Å². The first-order chi connectivity index (χ1) is 9.52. The summed E-state index contributed by atoms with van der Waals surface area (Å²) < 4.78 is 6.16. The fourth-order valence-corrected chi connectivity index (χ4v) is 1.79. The number of carbonyl (C=O) groups is 1. The number of nitrogens with zero attached hydrogens (tertiary/aromatic N) is 2. The number of fused-ring (bicyclic) bond motifs is 1. The average Bonchev–Trinajstić information content (AvgIpc) is 2.42. The van der Waals surface area contributed by atoms with Crippen LogP contribution in [-0.2, 0) is 11.8 Å². The molecule has 0 unspecified atom stereocenters. The van der Waals surface area contributed by atoms with Crippen molar-refractivity contribution in [1.29, 1.82) is 0 Å². The van der Waals surface area contributed by atoms with Crippen molar-refractivity contribution in [3.8, 4) is 0 Å². The van der Waals surface area contributed by atoms with Gasteiger partial charge in [-0.3, -0.25) is 10.2 Å². The van der Waals surface area contributed by atoms with Crippen molar-refractivity contribution < 1.29 is 9.53 Å². The van der Waals surface area contributed by atoms with Crippen LogP contribution in [0.25, 0.3) is 11.0 Å². The normalized spacial score (nSPS) is 10.3. The smallest absolute Gasteiger partial charge is 0.425 e. The van der Waals surface area contributed by atoms with Crippen LogP contribution in [0.1, 0.15) is 12.5 Å². The van der Waals surface area contributed by atoms with Crippen LogP contribution in [0.3, 0.4) is 0 Å². The lowest BCUT2D eigenvalue weighted by Crippen LogP contribution is -2.34. The summed E-state index contributed by atoms with van der Waals surface area (Å²) >= 11 is 0. The molecule has 2 rings (SSSR count). The topological polar surface area (TPSA) is 85.2 Å². The summed E-state index contributed by atoms with van der Waals surface area (Å²) in [6, 6.07) is 5.61. The largest absolute Gasteiger partial charge is 0.449 e. The number of benzene rings is 1. The molecule has 0 saturated carbocycles. The lowest BCUT2D eigenvalue weighted by atomic mass is 10.2. The van der Waals surface area contributed by atoms with E-state index in [0.29, 0.717) is 5.52 Å². The summed E-state index contributed by atoms with van der Waals surface area (Å²) in [6.45, 7) is 3.88. The first-order valence-electron chi connectivity index (χ1n) is 6.19. The second-order valence-electron chi connectivity index (χ2n) is 4.29. The molecule has 0 atom stereocenters. The van der Waals surface area contributed by atoms with Crippen LogP contribution in [0.2, 0.25) is 0 Å². The van der Waals surface area contributed by atoms with Crippen LogP contribution in [0.4, 0.5) is 10.6 Å². The number of ether oxygens (including phenoxy) is 1. The Bertz CT molecular complexity index is 709. The minimum atomic E-state index is -0.666. The summed E-state index contributed by atoms with van der Waals surface area (Å²) in [6.07, 6.45) is -0.666. The summed E-state index contributed by atoms with van der Waals surface area (Å²) in [5.41, 5.74) is 6.83. The van der Waals surface area contributed by atoms with Crippen molar-refractivity contribution in [2.45, 2.75) is 13.8 Å². The molecule has 0 spiro atoms. The standard InChI is InChI=1S/C13H16N4O3/c1-4-20-13(19)16-15-11-12(18)17(3)10-7-8(2)5-6-9(10)14-11/h5-7H,4H2,1-3H3,(H,14,15)(H,16,19). The Kier molecular flexibility index (Phi) is 3.88. The van der Waals surface area contributed by atoms with E-state index in [2.05, 4.69) is 20.6 Å². The van der Waals surface area contributed by atoms with Crippen molar-refractivity contribution in [2.75, 3.05) is 12.0 Å². The number of hydrazine groups is 1. The second-order valence-corrected chi connectivity index (χ2v) is 4.29. The van der Waals surface area contributed by atoms with E-state index in [-0.39, 0.29) is 18.0 Å². The molecular weight excluding hydrogens is 260 g/mol. The Morgan fingerprint density at radius 2 is 2.20 bits per heavy atom. The van der Waals surface area contributed by atoms with Crippen molar-refractivity contribution >= 4 is 22.9 Å². The van der Waals surface area contributed by atoms with Gasteiger partial charge < -0.3 is 9.30 Å². The molecule has 2 N–H and O–H groups in total. The lowest BCUT2D eigenvalue weighted by Gasteiger charge is -2.10. The zero-order chi connectivity index (χ0) is 14.7. The molecule has 1 aromatic carbocycles. The molecule has 0 radical (unpaired) electrons. The highest BCUT2D eigenvalue weighted by molar-refractivity contribution is 5.77. The molecule has 106 valence electrons. The number of amides is 1. The molecule has 0 bridgehead atoms. The van der Waals surface area contributed by atoms with E-state index in [1.165, 1.54) is 4.57 Å². The molecule has 0 aliphatic carbocycles. The fraction of sp³-hybridized carbons (Fsp3) is 0.308. The molecule has 0 aliphatic heterocycles. The zero-order valence-corrected chi connectivity index (χ0v) is 11.6. The van der Waals surface area contributed by atoms with Crippen molar-refractivity contribution in [3.63, 3.8) is 0 Å². The number of aryl methyl sites for hydroxylation is 2. The molecule has 0 saturated heterocycles. The summed E-state index contributed by atoms with van der Waals surface area (Å²) in [5.74, 6) is 0.0388. The van der Waals surface area contributed by atoms with E-state index < -0.39 is 6.09 Å². The van der Waals surface area contributed by atoms with Gasteiger partial charge in [-0.25, -0.2) is 15.2 Å². The number of hydrogen-bond acceptors (Lipinski definition) is 5. The molecule has 1 aromatic heterocycles. The van der Waals surface area contributed by atoms with E-state index in [1.54, 1.807) is 14.0 Å². The molecule has 20 heavy (non-hydrogen) atoms. The van der Waals surface area contributed by atoms with Gasteiger partial charge in [-0.1, -0.05) is 6.07 Å². The zero-order valence-electron chi connectivity index (χ0n) is 11.6. The van der Waals surface area contributed by atoms with Crippen LogP contribution >= 0.6 is 0 Å². The van der Waals surface area contributed by atoms with E-state index in [0.717, 1.165) is 11.1 Å². The van der Waals surface area contributed by atoms with Gasteiger partial charge in [0.1, 0.15) is 0 Å². The van der Waals surface area contributed by atoms with Gasteiger partial charge in [-0.05, 0) is 31.5 Å². The highest BCUT2D eigenvalue weighted by atomic mass is 16.5. The maximum Gasteiger partial charge on any atom is 0.425 e. The number of carbonyl (C=O) groups excluding carboxylic acids is 1. The van der Waals surface area contributed by atoms with Crippen LogP contribution in [0, 0.1) is 6.92 Å². The van der Waals surface area contributed by atoms with Gasteiger partial charge in [-0.15, -0.1) is 0 Å². The number of aromatic nitrogens is 2. The Labute approximate surface area is 115 Å². The Balaban J connectivity index is 2.35. The van der Waals surface area contributed by atoms with Gasteiger partial charge in [-0.2, -0.15) is 0 Å². The monoisotopic (exact) mass is 276 g/mol. The number of anilines is 1. The van der Waals surface area contributed by atoms with Crippen LogP contribution in [0.5, 0.6) is 0 Å². The van der Waals surface area contributed by atoms with Gasteiger partial charge in [0.05, 0.1) is 17.6 Å². The number of rotatable bonds is 3. The lowest BCUT2D eigenvalue weighted by molar-refractivity contribution is 0.154. The van der Waals surface area contributed by atoms with E-state index in [4.69, 9.17) is 0 Å². The van der Waals surface area contributed by atoms with Crippen molar-refractivity contribution in [2.24, 2.45) is 7.05 Å². The van der Waals surface area contributed by atoms with Gasteiger partial charge in [0.25, 0.3) is 5.56 Å². The van der Waals surface area contributed by atoms with Crippen molar-refractivity contribution in [1.82, 2.24) is 15.0 Å². The molecule has 0 fully saturated rings. The highest BCUT2D eigenvalue weighted by Gasteiger charge is 2.09. The molecule has 1 heterocycles. The molecule has 2 aromatic rings. The Hall–Kier alpha value is -2.57. The Morgan fingerprint density at radius 3 is 2.90 bits per heavy atom. The van der Waals surface area contributed by atoms with E-state index >= 15 is 0 Å². The van der Waals surface area contributed by atoms with Gasteiger partial charge in [0.2, 0.25) is 5.82 Å². The number of nitrogens with one attached hydrogen (secondary N) is 2. The first kappa shape index (κ1) is 13.9. The van der Waals surface area contributed by atoms with Crippen LogP contribution in [0.15, 0.2) is 23.0 Å². The maximum absolute atomic E-state index is 12.1. The van der Waals surface area contributed by atoms with Crippen LogP contribution < -0.4 is 16.4 Å². The summed E-state index contributed by atoms with van der Waals surface area (Å²) in [5, 5.41) is 0. The minimum absolute atomic E-state index is 0.0388. The maximum atomic E-state index is 12.1. The predicted octanol–water partition coefficient (Wildman–Crippen LogP) is 1.31. The second kappa shape index (κ2) is 5.60. The third kappa shape index (κ3) is 2.71. The predicted molar refractivity (Wildman–Crippen MR) is 75.5 cm³/mol. The third-order valence-electron chi connectivity index (χ3n) is 2.79. The number of hydrogen-bond donors (Lipinski definition) is 2. The van der Waals surface area contributed by atoms with Gasteiger partial charge >= 0.3 is 6.09 Å². The summed E-state index contributed by atoms with van der Waals surface area (Å²) in [7, 11) is 1.65. The molecule has 1 amide bonds. The molecule has 7 nitrogen and oxygen atoms in total. The van der Waals surface area contributed by atoms with Gasteiger partial charge in [0, 0.05) is 7.05 Å². The fourth-order valence-electron chi connectivity index (χ4n) is 1.79. The minimum Gasteiger partial charge on any atom is -0.449 e. The third-order valence-corrected chi connectivity index (χ3v) is 2.79.